The molecule has 3 aromatic rings. The van der Waals surface area contributed by atoms with Gasteiger partial charge in [-0.3, -0.25) is 4.79 Å². The Morgan fingerprint density at radius 1 is 0.950 bits per heavy atom. The lowest BCUT2D eigenvalue weighted by Gasteiger charge is -2.08. The zero-order valence-electron chi connectivity index (χ0n) is 10.6. The predicted molar refractivity (Wildman–Crippen MR) is 77.3 cm³/mol. The van der Waals surface area contributed by atoms with Crippen molar-refractivity contribution in [2.24, 2.45) is 0 Å². The molecule has 0 bridgehead atoms. The van der Waals surface area contributed by atoms with E-state index in [1.165, 1.54) is 6.20 Å². The van der Waals surface area contributed by atoms with Crippen molar-refractivity contribution in [1.82, 2.24) is 0 Å². The molecule has 0 aliphatic heterocycles. The first-order valence-electron chi connectivity index (χ1n) is 6.23. The summed E-state index contributed by atoms with van der Waals surface area (Å²) in [4.78, 5) is 12.1. The van der Waals surface area contributed by atoms with Gasteiger partial charge < -0.3 is 10.5 Å². The Balaban J connectivity index is 2.02. The molecule has 4 nitrogen and oxygen atoms in total. The number of amides is 1. The Hall–Kier alpha value is -2.88. The van der Waals surface area contributed by atoms with E-state index in [2.05, 4.69) is 5.32 Å². The summed E-state index contributed by atoms with van der Waals surface area (Å²) < 4.78 is 0.760. The van der Waals surface area contributed by atoms with Crippen LogP contribution in [-0.2, 0) is 0 Å². The normalized spacial score (nSPS) is 10.4. The number of rotatable bonds is 2. The number of hydrogen-bond acceptors (Lipinski definition) is 2. The van der Waals surface area contributed by atoms with E-state index in [0.717, 1.165) is 10.1 Å². The molecule has 1 aromatic heterocycles. The molecule has 0 aliphatic rings. The monoisotopic (exact) mass is 264 g/mol. The van der Waals surface area contributed by atoms with E-state index >= 15 is 0 Å². The minimum atomic E-state index is -0.234. The summed E-state index contributed by atoms with van der Waals surface area (Å²) >= 11 is 0. The summed E-state index contributed by atoms with van der Waals surface area (Å²) in [5, 5.41) is 15.5. The van der Waals surface area contributed by atoms with Crippen molar-refractivity contribution in [3.8, 4) is 0 Å². The topological polar surface area (TPSA) is 56.0 Å². The van der Waals surface area contributed by atoms with Gasteiger partial charge >= 0.3 is 0 Å². The van der Waals surface area contributed by atoms with Crippen LogP contribution in [0.25, 0.3) is 10.9 Å². The number of benzene rings is 2. The number of anilines is 1. The van der Waals surface area contributed by atoms with Gasteiger partial charge in [0.05, 0.1) is 0 Å². The molecule has 0 spiro atoms. The van der Waals surface area contributed by atoms with Crippen LogP contribution in [0, 0.1) is 5.21 Å². The lowest BCUT2D eigenvalue weighted by Crippen LogP contribution is -2.27. The molecule has 0 atom stereocenters. The van der Waals surface area contributed by atoms with Gasteiger partial charge in [-0.1, -0.05) is 24.3 Å². The van der Waals surface area contributed by atoms with Crippen molar-refractivity contribution in [3.05, 3.63) is 77.6 Å². The number of para-hydroxylation sites is 1. The van der Waals surface area contributed by atoms with Gasteiger partial charge in [0.15, 0.2) is 6.20 Å². The van der Waals surface area contributed by atoms with Crippen LogP contribution in [0.5, 0.6) is 0 Å². The van der Waals surface area contributed by atoms with Crippen LogP contribution in [0.2, 0.25) is 0 Å². The third-order valence-corrected chi connectivity index (χ3v) is 3.07. The minimum absolute atomic E-state index is 0.234. The molecule has 1 amide bonds. The second-order valence-corrected chi connectivity index (χ2v) is 4.40. The molecule has 0 aliphatic carbocycles. The fourth-order valence-electron chi connectivity index (χ4n) is 2.13. The van der Waals surface area contributed by atoms with Gasteiger partial charge in [-0.25, -0.2) is 0 Å². The highest BCUT2D eigenvalue weighted by Crippen LogP contribution is 2.20. The number of carbonyl (C=O) groups is 1. The van der Waals surface area contributed by atoms with Gasteiger partial charge in [-0.05, 0) is 30.3 Å². The van der Waals surface area contributed by atoms with Crippen LogP contribution in [0.1, 0.15) is 10.4 Å². The summed E-state index contributed by atoms with van der Waals surface area (Å²) in [6, 6.07) is 17.8. The Morgan fingerprint density at radius 2 is 1.70 bits per heavy atom. The molecule has 0 radical (unpaired) electrons. The Kier molecular flexibility index (Phi) is 3.05. The number of nitrogens with one attached hydrogen (secondary N) is 1. The van der Waals surface area contributed by atoms with Crippen molar-refractivity contribution < 1.29 is 9.52 Å². The summed E-state index contributed by atoms with van der Waals surface area (Å²) in [6.07, 6.45) is 1.42. The van der Waals surface area contributed by atoms with Crippen molar-refractivity contribution in [3.63, 3.8) is 0 Å². The van der Waals surface area contributed by atoms with Gasteiger partial charge in [0.1, 0.15) is 5.69 Å². The largest absolute Gasteiger partial charge is 0.618 e. The molecule has 0 unspecified atom stereocenters. The van der Waals surface area contributed by atoms with Crippen molar-refractivity contribution in [2.75, 3.05) is 5.32 Å². The van der Waals surface area contributed by atoms with Crippen molar-refractivity contribution in [2.45, 2.75) is 0 Å². The van der Waals surface area contributed by atoms with E-state index in [0.29, 0.717) is 16.8 Å². The Bertz CT molecular complexity index is 765. The maximum Gasteiger partial charge on any atom is 0.255 e. The summed E-state index contributed by atoms with van der Waals surface area (Å²) in [5.41, 5.74) is 1.52. The summed E-state index contributed by atoms with van der Waals surface area (Å²) in [5.74, 6) is -0.234. The fourth-order valence-corrected chi connectivity index (χ4v) is 2.13. The Morgan fingerprint density at radius 3 is 2.50 bits per heavy atom. The van der Waals surface area contributed by atoms with Crippen LogP contribution in [0.15, 0.2) is 66.9 Å². The number of nitrogens with zero attached hydrogens (tertiary/aromatic N) is 1. The molecule has 0 saturated heterocycles. The number of hydrogen-bond donors (Lipinski definition) is 1. The molecule has 1 heterocycles. The number of aromatic nitrogens is 1. The molecular weight excluding hydrogens is 252 g/mol. The first kappa shape index (κ1) is 12.2. The molecule has 4 heteroatoms. The van der Waals surface area contributed by atoms with Crippen LogP contribution in [0.4, 0.5) is 5.69 Å². The third kappa shape index (κ3) is 2.19. The first-order chi connectivity index (χ1) is 9.75. The highest BCUT2D eigenvalue weighted by Gasteiger charge is 2.13. The Labute approximate surface area is 115 Å². The zero-order valence-corrected chi connectivity index (χ0v) is 10.6. The summed E-state index contributed by atoms with van der Waals surface area (Å²) in [6.45, 7) is 0. The average molecular weight is 264 g/mol. The molecule has 98 valence electrons. The maximum absolute atomic E-state index is 12.1. The molecule has 3 rings (SSSR count). The van der Waals surface area contributed by atoms with Gasteiger partial charge in [-0.15, -0.1) is 0 Å². The second kappa shape index (κ2) is 5.01. The van der Waals surface area contributed by atoms with Crippen molar-refractivity contribution >= 4 is 22.5 Å². The van der Waals surface area contributed by atoms with E-state index < -0.39 is 0 Å². The lowest BCUT2D eigenvalue weighted by atomic mass is 10.1. The molecule has 2 aromatic carbocycles. The maximum atomic E-state index is 12.1. The lowest BCUT2D eigenvalue weighted by molar-refractivity contribution is -0.576. The molecule has 0 fully saturated rings. The van der Waals surface area contributed by atoms with Crippen LogP contribution >= 0.6 is 0 Å². The highest BCUT2D eigenvalue weighted by atomic mass is 16.5. The molecular formula is C16H12N2O2. The second-order valence-electron chi connectivity index (χ2n) is 4.40. The average Bonchev–Trinajstić information content (AvgIpc) is 2.48. The molecule has 0 saturated carbocycles. The van der Waals surface area contributed by atoms with Gasteiger partial charge in [-0.2, -0.15) is 4.73 Å². The van der Waals surface area contributed by atoms with Gasteiger partial charge in [0.2, 0.25) is 5.52 Å². The standard InChI is InChI=1S/C16H12N2O2/c19-16(13-6-2-1-3-7-13)17-14-10-4-8-12-9-5-11-18(20)15(12)14/h1-11H,(H,17,19). The molecule has 20 heavy (non-hydrogen) atoms. The summed E-state index contributed by atoms with van der Waals surface area (Å²) in [7, 11) is 0. The van der Waals surface area contributed by atoms with E-state index in [-0.39, 0.29) is 5.91 Å². The quantitative estimate of drug-likeness (QED) is 0.571. The SMILES string of the molecule is O=C(Nc1cccc2ccc[n+]([O-])c12)c1ccccc1. The smallest absolute Gasteiger partial charge is 0.255 e. The predicted octanol–water partition coefficient (Wildman–Crippen LogP) is 2.73. The fraction of sp³-hybridized carbons (Fsp3) is 0. The van der Waals surface area contributed by atoms with Crippen LogP contribution in [-0.4, -0.2) is 5.91 Å². The third-order valence-electron chi connectivity index (χ3n) is 3.07. The van der Waals surface area contributed by atoms with E-state index in [1.807, 2.05) is 24.3 Å². The number of carbonyl (C=O) groups excluding carboxylic acids is 1. The minimum Gasteiger partial charge on any atom is -0.618 e. The zero-order chi connectivity index (χ0) is 13.9. The molecule has 1 N–H and O–H groups in total. The highest BCUT2D eigenvalue weighted by molar-refractivity contribution is 6.07. The first-order valence-corrected chi connectivity index (χ1v) is 6.23. The number of fused-ring (bicyclic) bond motifs is 1. The van der Waals surface area contributed by atoms with Gasteiger partial charge in [0.25, 0.3) is 5.91 Å². The van der Waals surface area contributed by atoms with Crippen LogP contribution < -0.4 is 10.0 Å². The van der Waals surface area contributed by atoms with Crippen LogP contribution in [0.3, 0.4) is 0 Å². The van der Waals surface area contributed by atoms with E-state index in [4.69, 9.17) is 0 Å². The number of pyridine rings is 1. The van der Waals surface area contributed by atoms with E-state index in [9.17, 15) is 10.0 Å². The van der Waals surface area contributed by atoms with E-state index in [1.54, 1.807) is 36.4 Å². The van der Waals surface area contributed by atoms with Crippen molar-refractivity contribution in [1.29, 1.82) is 0 Å². The van der Waals surface area contributed by atoms with Gasteiger partial charge in [0, 0.05) is 17.0 Å².